The summed E-state index contributed by atoms with van der Waals surface area (Å²) in [7, 11) is 0. The number of urea groups is 1. The van der Waals surface area contributed by atoms with E-state index < -0.39 is 0 Å². The Bertz CT molecular complexity index is 122. The predicted octanol–water partition coefficient (Wildman–Crippen LogP) is -0.0406. The van der Waals surface area contributed by atoms with E-state index in [1.165, 1.54) is 19.3 Å². The standard InChI is InChI=1S/C6H13N3O/c7-9-6(10)8-4-5-2-1-3-5/h5H,1-4,7H2,(H2,8,9,10). The molecule has 4 heteroatoms. The van der Waals surface area contributed by atoms with E-state index in [4.69, 9.17) is 5.84 Å². The van der Waals surface area contributed by atoms with Crippen LogP contribution in [-0.4, -0.2) is 12.6 Å². The van der Waals surface area contributed by atoms with Crippen molar-refractivity contribution in [2.24, 2.45) is 11.8 Å². The van der Waals surface area contributed by atoms with E-state index in [-0.39, 0.29) is 6.03 Å². The maximum atomic E-state index is 10.5. The largest absolute Gasteiger partial charge is 0.337 e. The van der Waals surface area contributed by atoms with Crippen LogP contribution in [0, 0.1) is 5.92 Å². The fourth-order valence-electron chi connectivity index (χ4n) is 0.985. The molecule has 2 amide bonds. The number of amides is 2. The first-order valence-corrected chi connectivity index (χ1v) is 3.57. The Kier molecular flexibility index (Phi) is 2.50. The van der Waals surface area contributed by atoms with Gasteiger partial charge in [0.1, 0.15) is 0 Å². The second-order valence-corrected chi connectivity index (χ2v) is 2.65. The van der Waals surface area contributed by atoms with Gasteiger partial charge >= 0.3 is 6.03 Å². The lowest BCUT2D eigenvalue weighted by Crippen LogP contribution is -2.42. The third kappa shape index (κ3) is 1.88. The van der Waals surface area contributed by atoms with Gasteiger partial charge in [0, 0.05) is 6.54 Å². The van der Waals surface area contributed by atoms with Gasteiger partial charge < -0.3 is 5.32 Å². The first kappa shape index (κ1) is 7.34. The molecule has 1 aliphatic rings. The van der Waals surface area contributed by atoms with E-state index in [2.05, 4.69) is 5.32 Å². The van der Waals surface area contributed by atoms with Crippen LogP contribution in [-0.2, 0) is 0 Å². The van der Waals surface area contributed by atoms with Crippen LogP contribution in [0.4, 0.5) is 4.79 Å². The highest BCUT2D eigenvalue weighted by atomic mass is 16.2. The summed E-state index contributed by atoms with van der Waals surface area (Å²) in [6.45, 7) is 0.767. The summed E-state index contributed by atoms with van der Waals surface area (Å²) in [5.41, 5.74) is 2.02. The molecule has 58 valence electrons. The maximum Gasteiger partial charge on any atom is 0.328 e. The van der Waals surface area contributed by atoms with Gasteiger partial charge in [-0.25, -0.2) is 10.6 Å². The molecular weight excluding hydrogens is 130 g/mol. The number of nitrogens with one attached hydrogen (secondary N) is 2. The van der Waals surface area contributed by atoms with E-state index >= 15 is 0 Å². The third-order valence-electron chi connectivity index (χ3n) is 1.91. The summed E-state index contributed by atoms with van der Waals surface area (Å²) in [5, 5.41) is 2.66. The van der Waals surface area contributed by atoms with Crippen molar-refractivity contribution in [1.29, 1.82) is 0 Å². The molecule has 10 heavy (non-hydrogen) atoms. The molecule has 0 aliphatic heterocycles. The molecule has 0 bridgehead atoms. The number of carbonyl (C=O) groups is 1. The summed E-state index contributed by atoms with van der Waals surface area (Å²) in [6, 6.07) is -0.285. The number of nitrogens with two attached hydrogens (primary N) is 1. The zero-order valence-electron chi connectivity index (χ0n) is 5.89. The first-order chi connectivity index (χ1) is 4.83. The highest BCUT2D eigenvalue weighted by molar-refractivity contribution is 5.72. The molecule has 1 fully saturated rings. The minimum Gasteiger partial charge on any atom is -0.337 e. The summed E-state index contributed by atoms with van der Waals surface area (Å²) >= 11 is 0. The average molecular weight is 143 g/mol. The topological polar surface area (TPSA) is 67.1 Å². The fraction of sp³-hybridized carbons (Fsp3) is 0.833. The van der Waals surface area contributed by atoms with Crippen molar-refractivity contribution in [3.8, 4) is 0 Å². The third-order valence-corrected chi connectivity index (χ3v) is 1.91. The van der Waals surface area contributed by atoms with Crippen LogP contribution in [0.1, 0.15) is 19.3 Å². The van der Waals surface area contributed by atoms with Crippen molar-refractivity contribution < 1.29 is 4.79 Å². The van der Waals surface area contributed by atoms with Gasteiger partial charge in [-0.1, -0.05) is 6.42 Å². The zero-order chi connectivity index (χ0) is 7.40. The molecule has 4 N–H and O–H groups in total. The molecule has 0 aromatic carbocycles. The van der Waals surface area contributed by atoms with E-state index in [0.717, 1.165) is 6.54 Å². The van der Waals surface area contributed by atoms with Gasteiger partial charge in [0.05, 0.1) is 0 Å². The minimum atomic E-state index is -0.285. The van der Waals surface area contributed by atoms with Crippen LogP contribution in [0.3, 0.4) is 0 Å². The first-order valence-electron chi connectivity index (χ1n) is 3.57. The van der Waals surface area contributed by atoms with Gasteiger partial charge in [0.15, 0.2) is 0 Å². The van der Waals surface area contributed by atoms with Gasteiger partial charge in [-0.3, -0.25) is 5.43 Å². The minimum absolute atomic E-state index is 0.285. The molecular formula is C6H13N3O. The van der Waals surface area contributed by atoms with Gasteiger partial charge in [-0.2, -0.15) is 0 Å². The van der Waals surface area contributed by atoms with Crippen molar-refractivity contribution >= 4 is 6.03 Å². The van der Waals surface area contributed by atoms with E-state index in [1.807, 2.05) is 5.43 Å². The number of hydrogen-bond donors (Lipinski definition) is 3. The number of carbonyl (C=O) groups excluding carboxylic acids is 1. The molecule has 4 nitrogen and oxygen atoms in total. The quantitative estimate of drug-likeness (QED) is 0.288. The lowest BCUT2D eigenvalue weighted by Gasteiger charge is -2.25. The summed E-state index contributed by atoms with van der Waals surface area (Å²) < 4.78 is 0. The van der Waals surface area contributed by atoms with Gasteiger partial charge in [0.25, 0.3) is 0 Å². The van der Waals surface area contributed by atoms with Crippen molar-refractivity contribution in [2.75, 3.05) is 6.54 Å². The second kappa shape index (κ2) is 3.41. The summed E-state index contributed by atoms with van der Waals surface area (Å²) in [6.07, 6.45) is 3.78. The monoisotopic (exact) mass is 143 g/mol. The van der Waals surface area contributed by atoms with E-state index in [1.54, 1.807) is 0 Å². The molecule has 0 heterocycles. The van der Waals surface area contributed by atoms with Crippen LogP contribution < -0.4 is 16.6 Å². The fourth-order valence-corrected chi connectivity index (χ4v) is 0.985. The number of rotatable bonds is 2. The Morgan fingerprint density at radius 3 is 2.70 bits per heavy atom. The molecule has 1 rings (SSSR count). The summed E-state index contributed by atoms with van der Waals surface area (Å²) in [4.78, 5) is 10.5. The van der Waals surface area contributed by atoms with Crippen LogP contribution in [0.2, 0.25) is 0 Å². The Balaban J connectivity index is 1.98. The van der Waals surface area contributed by atoms with Gasteiger partial charge in [-0.15, -0.1) is 0 Å². The number of hydrazine groups is 1. The van der Waals surface area contributed by atoms with Gasteiger partial charge in [-0.05, 0) is 18.8 Å². The molecule has 1 aliphatic carbocycles. The smallest absolute Gasteiger partial charge is 0.328 e. The Morgan fingerprint density at radius 1 is 1.60 bits per heavy atom. The Hall–Kier alpha value is -0.770. The second-order valence-electron chi connectivity index (χ2n) is 2.65. The van der Waals surface area contributed by atoms with Crippen molar-refractivity contribution in [2.45, 2.75) is 19.3 Å². The summed E-state index contributed by atoms with van der Waals surface area (Å²) in [5.74, 6) is 5.55. The highest BCUT2D eigenvalue weighted by Gasteiger charge is 2.17. The van der Waals surface area contributed by atoms with Crippen molar-refractivity contribution in [3.63, 3.8) is 0 Å². The molecule has 0 aromatic rings. The van der Waals surface area contributed by atoms with E-state index in [9.17, 15) is 4.79 Å². The van der Waals surface area contributed by atoms with Crippen molar-refractivity contribution in [3.05, 3.63) is 0 Å². The van der Waals surface area contributed by atoms with Crippen LogP contribution >= 0.6 is 0 Å². The molecule has 0 radical (unpaired) electrons. The molecule has 0 saturated heterocycles. The lowest BCUT2D eigenvalue weighted by atomic mass is 9.85. The normalized spacial score (nSPS) is 17.7. The molecule has 0 atom stereocenters. The van der Waals surface area contributed by atoms with Crippen LogP contribution in [0.25, 0.3) is 0 Å². The zero-order valence-corrected chi connectivity index (χ0v) is 5.89. The molecule has 1 saturated carbocycles. The van der Waals surface area contributed by atoms with Crippen molar-refractivity contribution in [1.82, 2.24) is 10.7 Å². The molecule has 0 spiro atoms. The van der Waals surface area contributed by atoms with Crippen LogP contribution in [0.15, 0.2) is 0 Å². The van der Waals surface area contributed by atoms with Gasteiger partial charge in [0.2, 0.25) is 0 Å². The molecule has 0 unspecified atom stereocenters. The van der Waals surface area contributed by atoms with Crippen LogP contribution in [0.5, 0.6) is 0 Å². The number of hydrogen-bond acceptors (Lipinski definition) is 2. The lowest BCUT2D eigenvalue weighted by molar-refractivity contribution is 0.233. The Morgan fingerprint density at radius 2 is 2.30 bits per heavy atom. The highest BCUT2D eigenvalue weighted by Crippen LogP contribution is 2.24. The SMILES string of the molecule is NNC(=O)NCC1CCC1. The molecule has 0 aromatic heterocycles. The van der Waals surface area contributed by atoms with E-state index in [0.29, 0.717) is 5.92 Å². The Labute approximate surface area is 60.1 Å². The predicted molar refractivity (Wildman–Crippen MR) is 38.1 cm³/mol. The maximum absolute atomic E-state index is 10.5. The average Bonchev–Trinajstić information content (AvgIpc) is 1.84.